The minimum absolute atomic E-state index is 0.0184. The number of nitrogens with zero attached hydrogens (tertiary/aromatic N) is 3. The number of aromatic nitrogens is 3. The Balaban J connectivity index is 1.99. The first-order valence-corrected chi connectivity index (χ1v) is 7.82. The second kappa shape index (κ2) is 7.72. The summed E-state index contributed by atoms with van der Waals surface area (Å²) in [7, 11) is 0. The van der Waals surface area contributed by atoms with Crippen LogP contribution in [0.2, 0.25) is 0 Å². The van der Waals surface area contributed by atoms with Gasteiger partial charge in [0.15, 0.2) is 12.4 Å². The number of nitrogens with one attached hydrogen (secondary N) is 1. The molecule has 0 bridgehead atoms. The van der Waals surface area contributed by atoms with E-state index in [9.17, 15) is 9.59 Å². The Bertz CT molecular complexity index is 710. The van der Waals surface area contributed by atoms with E-state index in [1.165, 1.54) is 6.20 Å². The van der Waals surface area contributed by atoms with Gasteiger partial charge in [0.2, 0.25) is 0 Å². The largest absolute Gasteiger partial charge is 0.452 e. The predicted octanol–water partition coefficient (Wildman–Crippen LogP) is 1.89. The molecule has 0 saturated carbocycles. The minimum atomic E-state index is -0.581. The lowest BCUT2D eigenvalue weighted by molar-refractivity contribution is -0.125. The molecular formula is C17H22N4O3. The van der Waals surface area contributed by atoms with Gasteiger partial charge in [0.25, 0.3) is 5.91 Å². The Morgan fingerprint density at radius 2 is 2.04 bits per heavy atom. The summed E-state index contributed by atoms with van der Waals surface area (Å²) >= 11 is 0. The molecule has 0 fully saturated rings. The lowest BCUT2D eigenvalue weighted by atomic mass is 10.1. The monoisotopic (exact) mass is 330 g/mol. The Morgan fingerprint density at radius 3 is 2.67 bits per heavy atom. The molecule has 7 nitrogen and oxygen atoms in total. The lowest BCUT2D eigenvalue weighted by Gasteiger charge is -2.17. The summed E-state index contributed by atoms with van der Waals surface area (Å²) in [5, 5.41) is 6.94. The van der Waals surface area contributed by atoms with E-state index in [0.717, 1.165) is 0 Å². The number of hydrogen-bond donors (Lipinski definition) is 1. The van der Waals surface area contributed by atoms with Crippen LogP contribution in [0.25, 0.3) is 5.82 Å². The number of esters is 1. The fourth-order valence-electron chi connectivity index (χ4n) is 1.99. The average molecular weight is 330 g/mol. The van der Waals surface area contributed by atoms with Crippen molar-refractivity contribution in [2.24, 2.45) is 5.92 Å². The maximum Gasteiger partial charge on any atom is 0.342 e. The molecule has 24 heavy (non-hydrogen) atoms. The van der Waals surface area contributed by atoms with Crippen molar-refractivity contribution in [1.29, 1.82) is 0 Å². The molecule has 1 unspecified atom stereocenters. The lowest BCUT2D eigenvalue weighted by Crippen LogP contribution is -2.38. The van der Waals surface area contributed by atoms with Crippen LogP contribution < -0.4 is 5.32 Å². The molecule has 0 aliphatic heterocycles. The number of hydrogen-bond acceptors (Lipinski definition) is 5. The van der Waals surface area contributed by atoms with Gasteiger partial charge in [0.1, 0.15) is 5.56 Å². The van der Waals surface area contributed by atoms with Crippen LogP contribution >= 0.6 is 0 Å². The third kappa shape index (κ3) is 4.18. The summed E-state index contributed by atoms with van der Waals surface area (Å²) < 4.78 is 6.63. The minimum Gasteiger partial charge on any atom is -0.452 e. The first kappa shape index (κ1) is 17.7. The van der Waals surface area contributed by atoms with Gasteiger partial charge in [0.05, 0.1) is 11.9 Å². The highest BCUT2D eigenvalue weighted by atomic mass is 16.5. The van der Waals surface area contributed by atoms with Crippen LogP contribution in [0, 0.1) is 12.8 Å². The first-order chi connectivity index (χ1) is 11.4. The van der Waals surface area contributed by atoms with E-state index in [-0.39, 0.29) is 18.6 Å². The first-order valence-electron chi connectivity index (χ1n) is 7.82. The fraction of sp³-hybridized carbons (Fsp3) is 0.412. The Hall–Kier alpha value is -2.70. The topological polar surface area (TPSA) is 86.1 Å². The van der Waals surface area contributed by atoms with Gasteiger partial charge in [-0.15, -0.1) is 0 Å². The number of pyridine rings is 1. The van der Waals surface area contributed by atoms with Crippen molar-refractivity contribution in [3.8, 4) is 5.82 Å². The summed E-state index contributed by atoms with van der Waals surface area (Å²) in [5.74, 6) is 0.0161. The van der Waals surface area contributed by atoms with Gasteiger partial charge in [-0.1, -0.05) is 19.9 Å². The van der Waals surface area contributed by atoms with Gasteiger partial charge in [-0.2, -0.15) is 5.10 Å². The maximum absolute atomic E-state index is 12.2. The third-order valence-electron chi connectivity index (χ3n) is 3.82. The molecule has 2 rings (SSSR count). The van der Waals surface area contributed by atoms with Crippen LogP contribution in [-0.2, 0) is 9.53 Å². The van der Waals surface area contributed by atoms with E-state index in [1.54, 1.807) is 29.9 Å². The zero-order valence-electron chi connectivity index (χ0n) is 14.3. The van der Waals surface area contributed by atoms with Crippen LogP contribution in [0.15, 0.2) is 30.6 Å². The molecule has 1 atom stereocenters. The van der Waals surface area contributed by atoms with Crippen LogP contribution in [0.4, 0.5) is 0 Å². The Labute approximate surface area is 141 Å². The molecule has 0 aromatic carbocycles. The van der Waals surface area contributed by atoms with Crippen molar-refractivity contribution in [3.05, 3.63) is 41.9 Å². The summed E-state index contributed by atoms with van der Waals surface area (Å²) in [6.07, 6.45) is 3.07. The van der Waals surface area contributed by atoms with Crippen LogP contribution in [-0.4, -0.2) is 39.3 Å². The molecule has 2 aromatic rings. The highest BCUT2D eigenvalue weighted by Crippen LogP contribution is 2.13. The molecule has 0 radical (unpaired) electrons. The Kier molecular flexibility index (Phi) is 5.68. The number of rotatable bonds is 6. The zero-order valence-corrected chi connectivity index (χ0v) is 14.3. The van der Waals surface area contributed by atoms with E-state index in [4.69, 9.17) is 4.74 Å². The van der Waals surface area contributed by atoms with Crippen molar-refractivity contribution in [3.63, 3.8) is 0 Å². The molecular weight excluding hydrogens is 308 g/mol. The number of carbonyl (C=O) groups is 2. The van der Waals surface area contributed by atoms with E-state index >= 15 is 0 Å². The molecule has 7 heteroatoms. The molecule has 0 aliphatic carbocycles. The van der Waals surface area contributed by atoms with Gasteiger partial charge in [-0.3, -0.25) is 4.79 Å². The van der Waals surface area contributed by atoms with Gasteiger partial charge >= 0.3 is 5.97 Å². The van der Waals surface area contributed by atoms with Crippen LogP contribution in [0.1, 0.15) is 36.8 Å². The van der Waals surface area contributed by atoms with Crippen molar-refractivity contribution >= 4 is 11.9 Å². The average Bonchev–Trinajstić information content (AvgIpc) is 2.95. The molecule has 2 heterocycles. The maximum atomic E-state index is 12.2. The second-order valence-corrected chi connectivity index (χ2v) is 5.92. The van der Waals surface area contributed by atoms with Crippen molar-refractivity contribution in [1.82, 2.24) is 20.1 Å². The van der Waals surface area contributed by atoms with Gasteiger partial charge in [0, 0.05) is 12.2 Å². The summed E-state index contributed by atoms with van der Waals surface area (Å²) in [6.45, 7) is 7.35. The van der Waals surface area contributed by atoms with Crippen LogP contribution in [0.5, 0.6) is 0 Å². The van der Waals surface area contributed by atoms with E-state index in [1.807, 2.05) is 26.8 Å². The normalized spacial score (nSPS) is 12.0. The standard InChI is InChI=1S/C17H22N4O3/c1-11(2)12(3)20-16(22)10-24-17(23)14-9-19-21(13(14)4)15-7-5-6-8-18-15/h5-9,11-12H,10H2,1-4H3,(H,20,22). The van der Waals surface area contributed by atoms with Crippen molar-refractivity contribution in [2.75, 3.05) is 6.61 Å². The molecule has 1 N–H and O–H groups in total. The van der Waals surface area contributed by atoms with Gasteiger partial charge in [-0.25, -0.2) is 14.5 Å². The zero-order chi connectivity index (χ0) is 17.7. The van der Waals surface area contributed by atoms with Crippen LogP contribution in [0.3, 0.4) is 0 Å². The van der Waals surface area contributed by atoms with E-state index in [0.29, 0.717) is 23.0 Å². The predicted molar refractivity (Wildman–Crippen MR) is 88.8 cm³/mol. The van der Waals surface area contributed by atoms with Gasteiger partial charge in [-0.05, 0) is 31.9 Å². The highest BCUT2D eigenvalue weighted by molar-refractivity contribution is 5.92. The van der Waals surface area contributed by atoms with E-state index in [2.05, 4.69) is 15.4 Å². The second-order valence-electron chi connectivity index (χ2n) is 5.92. The third-order valence-corrected chi connectivity index (χ3v) is 3.82. The summed E-state index contributed by atoms with van der Waals surface area (Å²) in [6, 6.07) is 5.44. The molecule has 0 saturated heterocycles. The number of amides is 1. The molecule has 1 amide bonds. The molecule has 0 aliphatic rings. The van der Waals surface area contributed by atoms with Crippen molar-refractivity contribution in [2.45, 2.75) is 33.7 Å². The molecule has 0 spiro atoms. The van der Waals surface area contributed by atoms with E-state index < -0.39 is 5.97 Å². The summed E-state index contributed by atoms with van der Waals surface area (Å²) in [4.78, 5) is 28.1. The van der Waals surface area contributed by atoms with Gasteiger partial charge < -0.3 is 10.1 Å². The smallest absolute Gasteiger partial charge is 0.342 e. The number of ether oxygens (including phenoxy) is 1. The highest BCUT2D eigenvalue weighted by Gasteiger charge is 2.19. The Morgan fingerprint density at radius 1 is 1.29 bits per heavy atom. The summed E-state index contributed by atoms with van der Waals surface area (Å²) in [5.41, 5.74) is 0.917. The quantitative estimate of drug-likeness (QED) is 0.818. The molecule has 128 valence electrons. The number of carbonyl (C=O) groups excluding carboxylic acids is 2. The van der Waals surface area contributed by atoms with Crippen molar-refractivity contribution < 1.29 is 14.3 Å². The molecule has 2 aromatic heterocycles. The SMILES string of the molecule is Cc1c(C(=O)OCC(=O)NC(C)C(C)C)cnn1-c1ccccn1. The fourth-order valence-corrected chi connectivity index (χ4v) is 1.99.